The Morgan fingerprint density at radius 3 is 2.56 bits per heavy atom. The number of nitrogens with zero attached hydrogens (tertiary/aromatic N) is 1. The van der Waals surface area contributed by atoms with Crippen LogP contribution in [0.2, 0.25) is 5.02 Å². The maximum Gasteiger partial charge on any atom is 0.418 e. The van der Waals surface area contributed by atoms with Gasteiger partial charge < -0.3 is 10.0 Å². The Morgan fingerprint density at radius 1 is 1.44 bits per heavy atom. The van der Waals surface area contributed by atoms with Crippen molar-refractivity contribution >= 4 is 23.3 Å². The molecule has 0 bridgehead atoms. The standard InChI is InChI=1S/C11H11ClF3NO2/c1-16(5-4-10(17)18)9-3-2-7(12)6-8(9)11(13,14)15/h2-3,6H,4-5H2,1H3,(H,17,18). The summed E-state index contributed by atoms with van der Waals surface area (Å²) >= 11 is 5.54. The van der Waals surface area contributed by atoms with Crippen molar-refractivity contribution in [1.82, 2.24) is 0 Å². The van der Waals surface area contributed by atoms with Gasteiger partial charge in [-0.05, 0) is 18.2 Å². The van der Waals surface area contributed by atoms with E-state index in [4.69, 9.17) is 16.7 Å². The molecule has 7 heteroatoms. The first-order valence-electron chi connectivity index (χ1n) is 5.01. The van der Waals surface area contributed by atoms with Gasteiger partial charge in [0.05, 0.1) is 12.0 Å². The molecule has 1 rings (SSSR count). The van der Waals surface area contributed by atoms with Crippen LogP contribution < -0.4 is 4.90 Å². The summed E-state index contributed by atoms with van der Waals surface area (Å²) in [6.07, 6.45) is -4.77. The monoisotopic (exact) mass is 281 g/mol. The molecule has 0 fully saturated rings. The van der Waals surface area contributed by atoms with Gasteiger partial charge in [-0.1, -0.05) is 11.6 Å². The number of hydrogen-bond acceptors (Lipinski definition) is 2. The molecule has 0 aliphatic carbocycles. The zero-order valence-electron chi connectivity index (χ0n) is 9.46. The summed E-state index contributed by atoms with van der Waals surface area (Å²) < 4.78 is 38.4. The van der Waals surface area contributed by atoms with Crippen molar-refractivity contribution in [1.29, 1.82) is 0 Å². The minimum Gasteiger partial charge on any atom is -0.481 e. The molecule has 0 spiro atoms. The molecule has 0 aromatic heterocycles. The van der Waals surface area contributed by atoms with Crippen LogP contribution in [0.4, 0.5) is 18.9 Å². The van der Waals surface area contributed by atoms with Gasteiger partial charge in [0, 0.05) is 24.3 Å². The van der Waals surface area contributed by atoms with Crippen LogP contribution in [0.3, 0.4) is 0 Å². The highest BCUT2D eigenvalue weighted by molar-refractivity contribution is 6.30. The molecule has 0 heterocycles. The highest BCUT2D eigenvalue weighted by atomic mass is 35.5. The van der Waals surface area contributed by atoms with Crippen LogP contribution in [0.25, 0.3) is 0 Å². The Bertz CT molecular complexity index is 448. The van der Waals surface area contributed by atoms with Gasteiger partial charge in [-0.2, -0.15) is 13.2 Å². The molecule has 0 saturated heterocycles. The van der Waals surface area contributed by atoms with E-state index in [0.29, 0.717) is 0 Å². The van der Waals surface area contributed by atoms with Crippen molar-refractivity contribution in [3.8, 4) is 0 Å². The molecule has 3 nitrogen and oxygen atoms in total. The lowest BCUT2D eigenvalue weighted by Gasteiger charge is -2.23. The Kier molecular flexibility index (Phi) is 4.45. The van der Waals surface area contributed by atoms with Gasteiger partial charge in [-0.3, -0.25) is 4.79 Å². The number of halogens is 4. The van der Waals surface area contributed by atoms with Crippen LogP contribution in [0.1, 0.15) is 12.0 Å². The summed E-state index contributed by atoms with van der Waals surface area (Å²) in [6, 6.07) is 3.39. The number of carboxylic acids is 1. The summed E-state index contributed by atoms with van der Waals surface area (Å²) in [5.74, 6) is -1.07. The van der Waals surface area contributed by atoms with Gasteiger partial charge >= 0.3 is 12.1 Å². The van der Waals surface area contributed by atoms with Crippen LogP contribution in [0, 0.1) is 0 Å². The third-order valence-corrected chi connectivity index (χ3v) is 2.57. The SMILES string of the molecule is CN(CCC(=O)O)c1ccc(Cl)cc1C(F)(F)F. The van der Waals surface area contributed by atoms with Crippen LogP contribution >= 0.6 is 11.6 Å². The summed E-state index contributed by atoms with van der Waals surface area (Å²) in [6.45, 7) is -0.0138. The number of benzene rings is 1. The molecule has 18 heavy (non-hydrogen) atoms. The molecule has 100 valence electrons. The van der Waals surface area contributed by atoms with Crippen molar-refractivity contribution in [2.24, 2.45) is 0 Å². The number of alkyl halides is 3. The fourth-order valence-corrected chi connectivity index (χ4v) is 1.62. The molecule has 0 unspecified atom stereocenters. The Balaban J connectivity index is 3.04. The lowest BCUT2D eigenvalue weighted by Crippen LogP contribution is -2.24. The van der Waals surface area contributed by atoms with Crippen LogP contribution in [0.15, 0.2) is 18.2 Å². The topological polar surface area (TPSA) is 40.5 Å². The second-order valence-corrected chi connectivity index (χ2v) is 4.16. The summed E-state index contributed by atoms with van der Waals surface area (Å²) in [7, 11) is 1.40. The van der Waals surface area contributed by atoms with Gasteiger partial charge in [0.15, 0.2) is 0 Å². The van der Waals surface area contributed by atoms with Gasteiger partial charge in [0.2, 0.25) is 0 Å². The van der Waals surface area contributed by atoms with Crippen molar-refractivity contribution < 1.29 is 23.1 Å². The number of aliphatic carboxylic acids is 1. The van der Waals surface area contributed by atoms with E-state index >= 15 is 0 Å². The normalized spacial score (nSPS) is 11.4. The van der Waals surface area contributed by atoms with Crippen LogP contribution in [-0.2, 0) is 11.0 Å². The second kappa shape index (κ2) is 5.48. The lowest BCUT2D eigenvalue weighted by atomic mass is 10.1. The Labute approximate surface area is 107 Å². The minimum absolute atomic E-state index is 0.0138. The fraction of sp³-hybridized carbons (Fsp3) is 0.364. The maximum atomic E-state index is 12.8. The maximum absolute atomic E-state index is 12.8. The summed E-state index contributed by atoms with van der Waals surface area (Å²) in [4.78, 5) is 11.6. The predicted molar refractivity (Wildman–Crippen MR) is 62.0 cm³/mol. The molecule has 1 aromatic rings. The van der Waals surface area contributed by atoms with Crippen molar-refractivity contribution in [3.63, 3.8) is 0 Å². The third kappa shape index (κ3) is 3.80. The van der Waals surface area contributed by atoms with E-state index in [1.807, 2.05) is 0 Å². The zero-order chi connectivity index (χ0) is 13.9. The van der Waals surface area contributed by atoms with Crippen molar-refractivity contribution in [3.05, 3.63) is 28.8 Å². The first kappa shape index (κ1) is 14.6. The number of carboxylic acid groups (broad SMARTS) is 1. The summed E-state index contributed by atoms with van der Waals surface area (Å²) in [5.41, 5.74) is -0.962. The van der Waals surface area contributed by atoms with Crippen LogP contribution in [-0.4, -0.2) is 24.7 Å². The van der Waals surface area contributed by atoms with E-state index in [0.717, 1.165) is 6.07 Å². The fourth-order valence-electron chi connectivity index (χ4n) is 1.45. The molecule has 0 radical (unpaired) electrons. The Hall–Kier alpha value is -1.43. The molecule has 0 saturated carbocycles. The van der Waals surface area contributed by atoms with Gasteiger partial charge in [-0.15, -0.1) is 0 Å². The Morgan fingerprint density at radius 2 is 2.06 bits per heavy atom. The molecule has 1 N–H and O–H groups in total. The largest absolute Gasteiger partial charge is 0.481 e. The van der Waals surface area contributed by atoms with Gasteiger partial charge in [0.1, 0.15) is 0 Å². The molecule has 0 aliphatic rings. The molecular weight excluding hydrogens is 271 g/mol. The lowest BCUT2D eigenvalue weighted by molar-refractivity contribution is -0.137. The third-order valence-electron chi connectivity index (χ3n) is 2.34. The molecule has 1 aromatic carbocycles. The minimum atomic E-state index is -4.53. The molecule has 0 aliphatic heterocycles. The van der Waals surface area contributed by atoms with E-state index in [1.54, 1.807) is 0 Å². The smallest absolute Gasteiger partial charge is 0.418 e. The average Bonchev–Trinajstić information content (AvgIpc) is 2.24. The predicted octanol–water partition coefficient (Wildman–Crippen LogP) is 3.27. The van der Waals surface area contributed by atoms with Crippen molar-refractivity contribution in [2.45, 2.75) is 12.6 Å². The first-order valence-corrected chi connectivity index (χ1v) is 5.39. The van der Waals surface area contributed by atoms with E-state index < -0.39 is 17.7 Å². The van der Waals surface area contributed by atoms with Gasteiger partial charge in [0.25, 0.3) is 0 Å². The van der Waals surface area contributed by atoms with Crippen molar-refractivity contribution in [2.75, 3.05) is 18.5 Å². The number of anilines is 1. The number of carbonyl (C=O) groups is 1. The quantitative estimate of drug-likeness (QED) is 0.921. The summed E-state index contributed by atoms with van der Waals surface area (Å²) in [5, 5.41) is 8.50. The van der Waals surface area contributed by atoms with E-state index in [2.05, 4.69) is 0 Å². The zero-order valence-corrected chi connectivity index (χ0v) is 10.2. The number of rotatable bonds is 4. The average molecular weight is 282 g/mol. The molecule has 0 amide bonds. The van der Waals surface area contributed by atoms with Gasteiger partial charge in [-0.25, -0.2) is 0 Å². The highest BCUT2D eigenvalue weighted by Gasteiger charge is 2.34. The van der Waals surface area contributed by atoms with E-state index in [1.165, 1.54) is 24.1 Å². The van der Waals surface area contributed by atoms with E-state index in [-0.39, 0.29) is 23.7 Å². The molecular formula is C11H11ClF3NO2. The molecule has 0 atom stereocenters. The number of hydrogen-bond donors (Lipinski definition) is 1. The van der Waals surface area contributed by atoms with Crippen LogP contribution in [0.5, 0.6) is 0 Å². The highest BCUT2D eigenvalue weighted by Crippen LogP contribution is 2.37. The van der Waals surface area contributed by atoms with E-state index in [9.17, 15) is 18.0 Å². The second-order valence-electron chi connectivity index (χ2n) is 3.72. The first-order chi connectivity index (χ1) is 8.21.